The lowest BCUT2D eigenvalue weighted by Crippen LogP contribution is -2.35. The molecular weight excluding hydrogens is 210 g/mol. The third kappa shape index (κ3) is 5.55. The molecule has 0 spiro atoms. The van der Waals surface area contributed by atoms with Crippen molar-refractivity contribution in [3.05, 3.63) is 42.0 Å². The Hall–Kier alpha value is -1.28. The molecule has 0 bridgehead atoms. The number of hydrogen-bond acceptors (Lipinski definition) is 2. The highest BCUT2D eigenvalue weighted by atomic mass is 16.5. The van der Waals surface area contributed by atoms with Crippen molar-refractivity contribution in [1.82, 2.24) is 5.32 Å². The van der Waals surface area contributed by atoms with E-state index in [1.807, 2.05) is 25.1 Å². The highest BCUT2D eigenvalue weighted by Gasteiger charge is 2.10. The van der Waals surface area contributed by atoms with Crippen LogP contribution in [0.1, 0.15) is 33.3 Å². The van der Waals surface area contributed by atoms with Gasteiger partial charge >= 0.3 is 0 Å². The van der Waals surface area contributed by atoms with Crippen LogP contribution in [0.2, 0.25) is 0 Å². The minimum Gasteiger partial charge on any atom is -0.489 e. The first-order valence-electron chi connectivity index (χ1n) is 5.98. The van der Waals surface area contributed by atoms with Crippen LogP contribution in [-0.2, 0) is 6.54 Å². The number of benzene rings is 1. The van der Waals surface area contributed by atoms with Gasteiger partial charge in [0.15, 0.2) is 0 Å². The van der Waals surface area contributed by atoms with E-state index < -0.39 is 0 Å². The molecule has 0 aliphatic carbocycles. The Morgan fingerprint density at radius 3 is 2.53 bits per heavy atom. The highest BCUT2D eigenvalue weighted by molar-refractivity contribution is 5.33. The first kappa shape index (κ1) is 13.8. The predicted molar refractivity (Wildman–Crippen MR) is 73.3 cm³/mol. The summed E-state index contributed by atoms with van der Waals surface area (Å²) in [5.41, 5.74) is 2.33. The molecule has 0 aliphatic heterocycles. The fraction of sp³-hybridized carbons (Fsp3) is 0.467. The number of para-hydroxylation sites is 1. The summed E-state index contributed by atoms with van der Waals surface area (Å²) < 4.78 is 5.72. The van der Waals surface area contributed by atoms with Crippen molar-refractivity contribution in [2.75, 3.05) is 6.61 Å². The highest BCUT2D eigenvalue weighted by Crippen LogP contribution is 2.19. The SMILES string of the molecule is C=C(C)COc1ccccc1CNC(C)(C)C. The molecule has 1 aromatic carbocycles. The van der Waals surface area contributed by atoms with Crippen LogP contribution in [0.25, 0.3) is 0 Å². The van der Waals surface area contributed by atoms with Gasteiger partial charge in [0.25, 0.3) is 0 Å². The third-order valence-electron chi connectivity index (χ3n) is 2.26. The van der Waals surface area contributed by atoms with Crippen molar-refractivity contribution < 1.29 is 4.74 Å². The van der Waals surface area contributed by atoms with Crippen molar-refractivity contribution in [1.29, 1.82) is 0 Å². The first-order valence-corrected chi connectivity index (χ1v) is 5.98. The molecule has 17 heavy (non-hydrogen) atoms. The maximum atomic E-state index is 5.72. The van der Waals surface area contributed by atoms with Crippen molar-refractivity contribution in [3.63, 3.8) is 0 Å². The van der Waals surface area contributed by atoms with E-state index in [0.717, 1.165) is 17.9 Å². The van der Waals surface area contributed by atoms with Crippen LogP contribution in [0.4, 0.5) is 0 Å². The Labute approximate surface area is 105 Å². The summed E-state index contributed by atoms with van der Waals surface area (Å²) in [6.07, 6.45) is 0. The summed E-state index contributed by atoms with van der Waals surface area (Å²) in [7, 11) is 0. The Morgan fingerprint density at radius 2 is 1.94 bits per heavy atom. The minimum atomic E-state index is 0.113. The lowest BCUT2D eigenvalue weighted by molar-refractivity contribution is 0.343. The van der Waals surface area contributed by atoms with Crippen LogP contribution < -0.4 is 10.1 Å². The molecule has 0 fully saturated rings. The van der Waals surface area contributed by atoms with Gasteiger partial charge in [-0.3, -0.25) is 0 Å². The fourth-order valence-corrected chi connectivity index (χ4v) is 1.35. The van der Waals surface area contributed by atoms with Crippen molar-refractivity contribution in [3.8, 4) is 5.75 Å². The molecule has 2 heteroatoms. The number of rotatable bonds is 5. The Balaban J connectivity index is 2.67. The van der Waals surface area contributed by atoms with E-state index in [0.29, 0.717) is 6.61 Å². The van der Waals surface area contributed by atoms with Crippen LogP contribution in [0.15, 0.2) is 36.4 Å². The van der Waals surface area contributed by atoms with Gasteiger partial charge in [-0.25, -0.2) is 0 Å². The molecule has 0 atom stereocenters. The number of hydrogen-bond donors (Lipinski definition) is 1. The average Bonchev–Trinajstić information content (AvgIpc) is 2.23. The predicted octanol–water partition coefficient (Wildman–Crippen LogP) is 3.53. The molecule has 0 heterocycles. The van der Waals surface area contributed by atoms with Gasteiger partial charge in [-0.05, 0) is 39.3 Å². The van der Waals surface area contributed by atoms with E-state index in [1.54, 1.807) is 0 Å². The molecule has 1 N–H and O–H groups in total. The van der Waals surface area contributed by atoms with Crippen LogP contribution >= 0.6 is 0 Å². The maximum absolute atomic E-state index is 5.72. The lowest BCUT2D eigenvalue weighted by Gasteiger charge is -2.21. The summed E-state index contributed by atoms with van der Waals surface area (Å²) in [5.74, 6) is 0.937. The molecule has 0 aromatic heterocycles. The van der Waals surface area contributed by atoms with Crippen molar-refractivity contribution >= 4 is 0 Å². The van der Waals surface area contributed by atoms with Gasteiger partial charge < -0.3 is 10.1 Å². The van der Waals surface area contributed by atoms with Crippen LogP contribution in [0.5, 0.6) is 5.75 Å². The summed E-state index contributed by atoms with van der Waals surface area (Å²) in [6.45, 7) is 13.7. The van der Waals surface area contributed by atoms with E-state index in [1.165, 1.54) is 5.56 Å². The summed E-state index contributed by atoms with van der Waals surface area (Å²) >= 11 is 0. The standard InChI is InChI=1S/C15H23NO/c1-12(2)11-17-14-9-7-6-8-13(14)10-16-15(3,4)5/h6-9,16H,1,10-11H2,2-5H3. The summed E-state index contributed by atoms with van der Waals surface area (Å²) in [6, 6.07) is 8.12. The largest absolute Gasteiger partial charge is 0.489 e. The van der Waals surface area contributed by atoms with Gasteiger partial charge in [-0.15, -0.1) is 0 Å². The Morgan fingerprint density at radius 1 is 1.29 bits per heavy atom. The zero-order valence-corrected chi connectivity index (χ0v) is 11.3. The van der Waals surface area contributed by atoms with Crippen LogP contribution in [0, 0.1) is 0 Å². The first-order chi connectivity index (χ1) is 7.88. The van der Waals surface area contributed by atoms with Gasteiger partial charge in [0.2, 0.25) is 0 Å². The quantitative estimate of drug-likeness (QED) is 0.786. The summed E-state index contributed by atoms with van der Waals surface area (Å²) in [5, 5.41) is 3.46. The molecule has 0 aliphatic rings. The van der Waals surface area contributed by atoms with E-state index in [9.17, 15) is 0 Å². The topological polar surface area (TPSA) is 21.3 Å². The molecule has 0 radical (unpaired) electrons. The van der Waals surface area contributed by atoms with Gasteiger partial charge in [0.1, 0.15) is 12.4 Å². The second-order valence-electron chi connectivity index (χ2n) is 5.46. The average molecular weight is 233 g/mol. The van der Waals surface area contributed by atoms with E-state index >= 15 is 0 Å². The van der Waals surface area contributed by atoms with Crippen molar-refractivity contribution in [2.45, 2.75) is 39.8 Å². The number of ether oxygens (including phenoxy) is 1. The third-order valence-corrected chi connectivity index (χ3v) is 2.26. The molecule has 0 unspecified atom stereocenters. The smallest absolute Gasteiger partial charge is 0.124 e. The Kier molecular flexibility index (Phi) is 4.76. The molecular formula is C15H23NO. The van der Waals surface area contributed by atoms with Crippen molar-refractivity contribution in [2.24, 2.45) is 0 Å². The molecule has 1 aromatic rings. The molecule has 0 amide bonds. The summed E-state index contributed by atoms with van der Waals surface area (Å²) in [4.78, 5) is 0. The Bertz CT molecular complexity index is 377. The van der Waals surface area contributed by atoms with E-state index in [-0.39, 0.29) is 5.54 Å². The lowest BCUT2D eigenvalue weighted by atomic mass is 10.1. The zero-order valence-electron chi connectivity index (χ0n) is 11.3. The van der Waals surface area contributed by atoms with Gasteiger partial charge in [-0.1, -0.05) is 24.8 Å². The second-order valence-corrected chi connectivity index (χ2v) is 5.46. The maximum Gasteiger partial charge on any atom is 0.124 e. The second kappa shape index (κ2) is 5.87. The van der Waals surface area contributed by atoms with Crippen LogP contribution in [-0.4, -0.2) is 12.1 Å². The van der Waals surface area contributed by atoms with Gasteiger partial charge in [-0.2, -0.15) is 0 Å². The normalized spacial score (nSPS) is 11.3. The minimum absolute atomic E-state index is 0.113. The van der Waals surface area contributed by atoms with Crippen LogP contribution in [0.3, 0.4) is 0 Å². The molecule has 0 saturated heterocycles. The van der Waals surface area contributed by atoms with E-state index in [2.05, 4.69) is 38.7 Å². The molecule has 0 saturated carbocycles. The monoisotopic (exact) mass is 233 g/mol. The number of nitrogens with one attached hydrogen (secondary N) is 1. The molecule has 94 valence electrons. The van der Waals surface area contributed by atoms with Gasteiger partial charge in [0, 0.05) is 17.6 Å². The molecule has 2 nitrogen and oxygen atoms in total. The fourth-order valence-electron chi connectivity index (χ4n) is 1.35. The van der Waals surface area contributed by atoms with E-state index in [4.69, 9.17) is 4.74 Å². The molecule has 1 rings (SSSR count). The van der Waals surface area contributed by atoms with Gasteiger partial charge in [0.05, 0.1) is 0 Å². The zero-order chi connectivity index (χ0) is 12.9.